The van der Waals surface area contributed by atoms with E-state index in [4.69, 9.17) is 19.9 Å². The molecule has 0 bridgehead atoms. The van der Waals surface area contributed by atoms with Crippen LogP contribution in [0.3, 0.4) is 0 Å². The van der Waals surface area contributed by atoms with Gasteiger partial charge in [-0.15, -0.1) is 0 Å². The number of carbonyl (C=O) groups excluding carboxylic acids is 2. The first-order valence-corrected chi connectivity index (χ1v) is 10.5. The van der Waals surface area contributed by atoms with Gasteiger partial charge in [0.25, 0.3) is 0 Å². The molecule has 1 aliphatic carbocycles. The van der Waals surface area contributed by atoms with Gasteiger partial charge in [0.2, 0.25) is 12.7 Å². The Morgan fingerprint density at radius 2 is 1.84 bits per heavy atom. The maximum Gasteiger partial charge on any atom is 0.248 e. The number of nitrogens with two attached hydrogens (primary N) is 1. The zero-order chi connectivity index (χ0) is 22.3. The fourth-order valence-electron chi connectivity index (χ4n) is 4.33. The lowest BCUT2D eigenvalue weighted by molar-refractivity contribution is -0.120. The van der Waals surface area contributed by atoms with Gasteiger partial charge in [0.05, 0.1) is 12.5 Å². The normalized spacial score (nSPS) is 15.3. The molecule has 6 heteroatoms. The summed E-state index contributed by atoms with van der Waals surface area (Å²) < 4.78 is 16.4. The number of ether oxygens (including phenoxy) is 3. The molecule has 0 saturated heterocycles. The summed E-state index contributed by atoms with van der Waals surface area (Å²) in [5, 5.41) is 0. The second kappa shape index (κ2) is 7.71. The molecule has 6 nitrogen and oxygen atoms in total. The van der Waals surface area contributed by atoms with Crippen LogP contribution in [0.25, 0.3) is 11.1 Å². The van der Waals surface area contributed by atoms with E-state index in [0.29, 0.717) is 23.5 Å². The molecule has 2 aliphatic rings. The number of fused-ring (bicyclic) bond motifs is 1. The van der Waals surface area contributed by atoms with Crippen LogP contribution >= 0.6 is 0 Å². The molecular weight excluding hydrogens is 406 g/mol. The number of hydrogen-bond donors (Lipinski definition) is 1. The van der Waals surface area contributed by atoms with Gasteiger partial charge in [-0.05, 0) is 65.9 Å². The van der Waals surface area contributed by atoms with E-state index >= 15 is 0 Å². The average Bonchev–Trinajstić information content (AvgIpc) is 3.50. The monoisotopic (exact) mass is 433 g/mol. The molecule has 32 heavy (non-hydrogen) atoms. The highest BCUT2D eigenvalue weighted by Crippen LogP contribution is 2.51. The predicted octanol–water partition coefficient (Wildman–Crippen LogP) is 4.53. The SMILES string of the molecule is COc1ccc(CC(=O)C2(c3ccc4c(c3)OCO4)CC2)cc1-c1cccc(C(N)=O)c1.[HH].[HH]. The summed E-state index contributed by atoms with van der Waals surface area (Å²) in [5.41, 5.74) is 8.89. The average molecular weight is 434 g/mol. The highest BCUT2D eigenvalue weighted by molar-refractivity contribution is 5.96. The summed E-state index contributed by atoms with van der Waals surface area (Å²) in [6.45, 7) is 0.214. The molecule has 1 aliphatic heterocycles. The van der Waals surface area contributed by atoms with Crippen molar-refractivity contribution in [2.45, 2.75) is 24.7 Å². The van der Waals surface area contributed by atoms with Gasteiger partial charge in [0.15, 0.2) is 11.5 Å². The van der Waals surface area contributed by atoms with Crippen molar-refractivity contribution in [3.63, 3.8) is 0 Å². The summed E-state index contributed by atoms with van der Waals surface area (Å²) in [7, 11) is 1.60. The second-order valence-corrected chi connectivity index (χ2v) is 8.23. The first kappa shape index (κ1) is 20.1. The van der Waals surface area contributed by atoms with Gasteiger partial charge in [-0.1, -0.05) is 24.3 Å². The van der Waals surface area contributed by atoms with Crippen molar-refractivity contribution in [1.82, 2.24) is 0 Å². The maximum absolute atomic E-state index is 13.4. The standard InChI is InChI=1S/C26H23NO5.2H2/c1-30-21-7-5-16(11-20(21)17-3-2-4-18(13-17)25(27)29)12-24(28)26(9-10-26)19-6-8-22-23(14-19)32-15-31-22;;/h2-8,11,13-14H,9-10,12,15H2,1H3,(H2,27,29);2*1H. The van der Waals surface area contributed by atoms with Gasteiger partial charge in [0.1, 0.15) is 11.5 Å². The summed E-state index contributed by atoms with van der Waals surface area (Å²) in [5.74, 6) is 1.77. The van der Waals surface area contributed by atoms with E-state index in [9.17, 15) is 9.59 Å². The van der Waals surface area contributed by atoms with Crippen molar-refractivity contribution >= 4 is 11.7 Å². The van der Waals surface area contributed by atoms with E-state index in [1.807, 2.05) is 42.5 Å². The summed E-state index contributed by atoms with van der Waals surface area (Å²) in [6, 6.07) is 18.6. The van der Waals surface area contributed by atoms with Gasteiger partial charge >= 0.3 is 0 Å². The molecule has 1 heterocycles. The topological polar surface area (TPSA) is 87.8 Å². The fraction of sp³-hybridized carbons (Fsp3) is 0.231. The van der Waals surface area contributed by atoms with E-state index in [-0.39, 0.29) is 15.4 Å². The molecule has 0 unspecified atom stereocenters. The minimum Gasteiger partial charge on any atom is -0.496 e. The molecule has 2 N–H and O–H groups in total. The van der Waals surface area contributed by atoms with Crippen LogP contribution in [-0.2, 0) is 16.6 Å². The van der Waals surface area contributed by atoms with Gasteiger partial charge in [0, 0.05) is 20.4 Å². The summed E-state index contributed by atoms with van der Waals surface area (Å²) >= 11 is 0. The number of rotatable bonds is 7. The lowest BCUT2D eigenvalue weighted by Crippen LogP contribution is -2.22. The highest BCUT2D eigenvalue weighted by Gasteiger charge is 2.50. The molecule has 0 aromatic heterocycles. The van der Waals surface area contributed by atoms with E-state index < -0.39 is 11.3 Å². The van der Waals surface area contributed by atoms with Gasteiger partial charge in [-0.2, -0.15) is 0 Å². The lowest BCUT2D eigenvalue weighted by atomic mass is 9.87. The number of primary amides is 1. The number of methoxy groups -OCH3 is 1. The van der Waals surface area contributed by atoms with E-state index in [1.54, 1.807) is 25.3 Å². The fourth-order valence-corrected chi connectivity index (χ4v) is 4.33. The van der Waals surface area contributed by atoms with Crippen molar-refractivity contribution in [2.75, 3.05) is 13.9 Å². The molecule has 0 atom stereocenters. The minimum absolute atomic E-state index is 0. The minimum atomic E-state index is -0.489. The third-order valence-electron chi connectivity index (χ3n) is 6.30. The van der Waals surface area contributed by atoms with Crippen LogP contribution in [0.5, 0.6) is 17.2 Å². The first-order chi connectivity index (χ1) is 15.5. The highest BCUT2D eigenvalue weighted by atomic mass is 16.7. The predicted molar refractivity (Wildman–Crippen MR) is 123 cm³/mol. The Morgan fingerprint density at radius 1 is 1.03 bits per heavy atom. The smallest absolute Gasteiger partial charge is 0.248 e. The zero-order valence-electron chi connectivity index (χ0n) is 17.7. The molecule has 1 amide bonds. The Balaban J connectivity index is 0.00000162. The van der Waals surface area contributed by atoms with Crippen molar-refractivity contribution in [1.29, 1.82) is 0 Å². The molecule has 3 aromatic carbocycles. The molecule has 166 valence electrons. The van der Waals surface area contributed by atoms with Crippen LogP contribution in [0.15, 0.2) is 60.7 Å². The number of amides is 1. The van der Waals surface area contributed by atoms with Crippen molar-refractivity contribution < 1.29 is 26.7 Å². The molecular formula is C26H27NO5. The number of carbonyl (C=O) groups is 2. The quantitative estimate of drug-likeness (QED) is 0.592. The number of Topliss-reactive ketones (excluding diaryl/α,β-unsaturated/α-hetero) is 1. The van der Waals surface area contributed by atoms with Crippen molar-refractivity contribution in [3.05, 3.63) is 77.4 Å². The van der Waals surface area contributed by atoms with Gasteiger partial charge in [-0.25, -0.2) is 0 Å². The van der Waals surface area contributed by atoms with E-state index in [1.165, 1.54) is 0 Å². The Labute approximate surface area is 188 Å². The zero-order valence-corrected chi connectivity index (χ0v) is 17.7. The van der Waals surface area contributed by atoms with E-state index in [2.05, 4.69) is 0 Å². The van der Waals surface area contributed by atoms with Crippen LogP contribution in [-0.4, -0.2) is 25.6 Å². The molecule has 0 radical (unpaired) electrons. The van der Waals surface area contributed by atoms with Crippen LogP contribution in [0.4, 0.5) is 0 Å². The molecule has 1 fully saturated rings. The molecule has 0 spiro atoms. The second-order valence-electron chi connectivity index (χ2n) is 8.23. The molecule has 3 aromatic rings. The lowest BCUT2D eigenvalue weighted by Gasteiger charge is -2.16. The third-order valence-corrected chi connectivity index (χ3v) is 6.30. The Bertz CT molecular complexity index is 1240. The van der Waals surface area contributed by atoms with Crippen LogP contribution in [0.2, 0.25) is 0 Å². The number of benzene rings is 3. The number of ketones is 1. The van der Waals surface area contributed by atoms with Crippen molar-refractivity contribution in [2.24, 2.45) is 5.73 Å². The Morgan fingerprint density at radius 3 is 2.59 bits per heavy atom. The molecule has 5 rings (SSSR count). The van der Waals surface area contributed by atoms with Crippen molar-refractivity contribution in [3.8, 4) is 28.4 Å². The van der Waals surface area contributed by atoms with Crippen LogP contribution in [0, 0.1) is 0 Å². The van der Waals surface area contributed by atoms with Gasteiger partial charge < -0.3 is 19.9 Å². The summed E-state index contributed by atoms with van der Waals surface area (Å²) in [6.07, 6.45) is 1.96. The number of hydrogen-bond acceptors (Lipinski definition) is 5. The third kappa shape index (κ3) is 3.47. The maximum atomic E-state index is 13.4. The van der Waals surface area contributed by atoms with Gasteiger partial charge in [-0.3, -0.25) is 9.59 Å². The van der Waals surface area contributed by atoms with Crippen LogP contribution < -0.4 is 19.9 Å². The van der Waals surface area contributed by atoms with E-state index in [0.717, 1.165) is 40.8 Å². The Kier molecular flexibility index (Phi) is 4.85. The Hall–Kier alpha value is -3.80. The molecule has 1 saturated carbocycles. The largest absolute Gasteiger partial charge is 0.496 e. The first-order valence-electron chi connectivity index (χ1n) is 10.5. The summed E-state index contributed by atoms with van der Waals surface area (Å²) in [4.78, 5) is 25.0. The van der Waals surface area contributed by atoms with Crippen LogP contribution in [0.1, 0.15) is 37.2 Å².